The second kappa shape index (κ2) is 7.92. The monoisotopic (exact) mass is 410 g/mol. The van der Waals surface area contributed by atoms with Gasteiger partial charge in [-0.2, -0.15) is 0 Å². The van der Waals surface area contributed by atoms with Gasteiger partial charge in [0.15, 0.2) is 11.5 Å². The highest BCUT2D eigenvalue weighted by molar-refractivity contribution is 6.31. The maximum absolute atomic E-state index is 6.44. The van der Waals surface area contributed by atoms with Gasteiger partial charge in [-0.1, -0.05) is 11.6 Å². The summed E-state index contributed by atoms with van der Waals surface area (Å²) in [6, 6.07) is 7.28. The summed E-state index contributed by atoms with van der Waals surface area (Å²) in [7, 11) is 3.22. The molecular weight excluding hydrogens is 392 g/mol. The molecule has 0 aliphatic carbocycles. The number of aromatic nitrogens is 5. The molecule has 1 unspecified atom stereocenters. The molecule has 9 heteroatoms. The molecule has 0 saturated heterocycles. The van der Waals surface area contributed by atoms with Crippen molar-refractivity contribution in [3.63, 3.8) is 0 Å². The highest BCUT2D eigenvalue weighted by atomic mass is 35.5. The second-order valence-electron chi connectivity index (χ2n) is 6.35. The van der Waals surface area contributed by atoms with Crippen LogP contribution in [0.4, 0.5) is 5.82 Å². The Balaban J connectivity index is 1.74. The molecule has 0 amide bonds. The third kappa shape index (κ3) is 3.66. The van der Waals surface area contributed by atoms with E-state index in [0.717, 1.165) is 16.7 Å². The van der Waals surface area contributed by atoms with Crippen molar-refractivity contribution in [2.75, 3.05) is 19.5 Å². The van der Waals surface area contributed by atoms with Crippen molar-refractivity contribution < 1.29 is 9.47 Å². The van der Waals surface area contributed by atoms with Gasteiger partial charge in [-0.15, -0.1) is 0 Å². The zero-order valence-corrected chi connectivity index (χ0v) is 16.9. The van der Waals surface area contributed by atoms with E-state index in [-0.39, 0.29) is 6.04 Å². The van der Waals surface area contributed by atoms with Crippen molar-refractivity contribution in [1.29, 1.82) is 0 Å². The van der Waals surface area contributed by atoms with Crippen LogP contribution in [0, 0.1) is 0 Å². The molecule has 0 aliphatic rings. The fraction of sp³-hybridized carbons (Fsp3) is 0.200. The quantitative estimate of drug-likeness (QED) is 0.490. The molecule has 3 heterocycles. The number of pyridine rings is 1. The number of benzene rings is 1. The Kier molecular flexibility index (Phi) is 5.18. The van der Waals surface area contributed by atoms with Gasteiger partial charge in [0.05, 0.1) is 26.6 Å². The van der Waals surface area contributed by atoms with Gasteiger partial charge >= 0.3 is 0 Å². The molecule has 0 saturated carbocycles. The minimum absolute atomic E-state index is 0.164. The van der Waals surface area contributed by atoms with E-state index in [1.54, 1.807) is 32.8 Å². The van der Waals surface area contributed by atoms with Crippen LogP contribution in [0.2, 0.25) is 5.02 Å². The number of nitrogens with one attached hydrogen (secondary N) is 2. The number of hydrogen-bond acceptors (Lipinski definition) is 7. The Morgan fingerprint density at radius 2 is 1.93 bits per heavy atom. The van der Waals surface area contributed by atoms with Crippen LogP contribution in [0.1, 0.15) is 18.5 Å². The summed E-state index contributed by atoms with van der Waals surface area (Å²) >= 11 is 6.44. The van der Waals surface area contributed by atoms with Crippen molar-refractivity contribution >= 4 is 28.6 Å². The number of H-pyrrole nitrogens is 1. The Hall–Kier alpha value is -3.39. The van der Waals surface area contributed by atoms with Crippen LogP contribution in [0.15, 0.2) is 43.1 Å². The molecule has 0 radical (unpaired) electrons. The summed E-state index contributed by atoms with van der Waals surface area (Å²) in [5.41, 5.74) is 3.92. The number of methoxy groups -OCH3 is 2. The van der Waals surface area contributed by atoms with Crippen LogP contribution < -0.4 is 14.8 Å². The van der Waals surface area contributed by atoms with Crippen molar-refractivity contribution in [2.24, 2.45) is 0 Å². The van der Waals surface area contributed by atoms with Crippen LogP contribution >= 0.6 is 11.6 Å². The molecule has 29 heavy (non-hydrogen) atoms. The van der Waals surface area contributed by atoms with E-state index in [4.69, 9.17) is 21.1 Å². The summed E-state index contributed by atoms with van der Waals surface area (Å²) in [5, 5.41) is 3.97. The molecule has 148 valence electrons. The molecule has 1 atom stereocenters. The topological polar surface area (TPSA) is 97.8 Å². The Labute approximate surface area is 172 Å². The number of halogens is 1. The lowest BCUT2D eigenvalue weighted by Gasteiger charge is -2.21. The average molecular weight is 411 g/mol. The summed E-state index contributed by atoms with van der Waals surface area (Å²) in [5.74, 6) is 1.86. The molecule has 4 aromatic rings. The van der Waals surface area contributed by atoms with Crippen LogP contribution in [-0.2, 0) is 0 Å². The van der Waals surface area contributed by atoms with Gasteiger partial charge in [0.1, 0.15) is 17.6 Å². The van der Waals surface area contributed by atoms with Gasteiger partial charge in [-0.25, -0.2) is 19.9 Å². The summed E-state index contributed by atoms with van der Waals surface area (Å²) < 4.78 is 10.9. The molecular formula is C20H19ClN6O2. The molecule has 8 nitrogen and oxygen atoms in total. The number of aromatic amines is 1. The van der Waals surface area contributed by atoms with Gasteiger partial charge in [0, 0.05) is 34.0 Å². The number of rotatable bonds is 6. The summed E-state index contributed by atoms with van der Waals surface area (Å²) in [6.45, 7) is 2.00. The largest absolute Gasteiger partial charge is 0.496 e. The Morgan fingerprint density at radius 1 is 1.07 bits per heavy atom. The molecule has 0 spiro atoms. The summed E-state index contributed by atoms with van der Waals surface area (Å²) in [4.78, 5) is 20.0. The lowest BCUT2D eigenvalue weighted by atomic mass is 9.99. The van der Waals surface area contributed by atoms with Gasteiger partial charge in [0.25, 0.3) is 0 Å². The molecule has 0 bridgehead atoms. The molecule has 0 fully saturated rings. The number of fused-ring (bicyclic) bond motifs is 1. The van der Waals surface area contributed by atoms with Crippen LogP contribution in [0.25, 0.3) is 22.3 Å². The third-order valence-corrected chi connectivity index (χ3v) is 4.80. The first-order valence-electron chi connectivity index (χ1n) is 8.89. The highest BCUT2D eigenvalue weighted by Crippen LogP contribution is 2.40. The first kappa shape index (κ1) is 18.9. The fourth-order valence-electron chi connectivity index (χ4n) is 3.19. The molecule has 1 aromatic carbocycles. The van der Waals surface area contributed by atoms with E-state index >= 15 is 0 Å². The average Bonchev–Trinajstić information content (AvgIpc) is 3.23. The first-order chi connectivity index (χ1) is 14.1. The SMILES string of the molecule is COc1ccc(-c2cc(Cl)cc(C(C)Nc3ncnc4[nH]cnc34)c2OC)cn1. The van der Waals surface area contributed by atoms with E-state index < -0.39 is 0 Å². The predicted molar refractivity (Wildman–Crippen MR) is 112 cm³/mol. The van der Waals surface area contributed by atoms with Crippen LogP contribution in [0.3, 0.4) is 0 Å². The third-order valence-electron chi connectivity index (χ3n) is 4.58. The number of hydrogen-bond donors (Lipinski definition) is 2. The van der Waals surface area contributed by atoms with Crippen molar-refractivity contribution in [3.8, 4) is 22.8 Å². The number of imidazole rings is 1. The van der Waals surface area contributed by atoms with Crippen molar-refractivity contribution in [3.05, 3.63) is 53.7 Å². The maximum atomic E-state index is 6.44. The highest BCUT2D eigenvalue weighted by Gasteiger charge is 2.19. The lowest BCUT2D eigenvalue weighted by molar-refractivity contribution is 0.398. The minimum atomic E-state index is -0.164. The van der Waals surface area contributed by atoms with E-state index in [0.29, 0.717) is 33.6 Å². The van der Waals surface area contributed by atoms with Crippen LogP contribution in [-0.4, -0.2) is 39.1 Å². The normalized spacial score (nSPS) is 12.0. The van der Waals surface area contributed by atoms with E-state index in [2.05, 4.69) is 30.2 Å². The van der Waals surface area contributed by atoms with E-state index in [1.165, 1.54) is 6.33 Å². The van der Waals surface area contributed by atoms with Crippen LogP contribution in [0.5, 0.6) is 11.6 Å². The number of ether oxygens (including phenoxy) is 2. The van der Waals surface area contributed by atoms with Gasteiger partial charge in [-0.05, 0) is 25.1 Å². The Morgan fingerprint density at radius 3 is 2.66 bits per heavy atom. The Bertz CT molecular complexity index is 1150. The van der Waals surface area contributed by atoms with Crippen molar-refractivity contribution in [2.45, 2.75) is 13.0 Å². The number of nitrogens with zero attached hydrogens (tertiary/aromatic N) is 4. The van der Waals surface area contributed by atoms with Gasteiger partial charge < -0.3 is 19.8 Å². The van der Waals surface area contributed by atoms with Gasteiger partial charge in [0.2, 0.25) is 5.88 Å². The predicted octanol–water partition coefficient (Wildman–Crippen LogP) is 4.26. The van der Waals surface area contributed by atoms with Crippen molar-refractivity contribution in [1.82, 2.24) is 24.9 Å². The molecule has 3 aromatic heterocycles. The maximum Gasteiger partial charge on any atom is 0.212 e. The smallest absolute Gasteiger partial charge is 0.212 e. The van der Waals surface area contributed by atoms with E-state index in [9.17, 15) is 0 Å². The minimum Gasteiger partial charge on any atom is -0.496 e. The summed E-state index contributed by atoms with van der Waals surface area (Å²) in [6.07, 6.45) is 4.80. The zero-order chi connectivity index (χ0) is 20.4. The fourth-order valence-corrected chi connectivity index (χ4v) is 3.42. The molecule has 0 aliphatic heterocycles. The lowest BCUT2D eigenvalue weighted by Crippen LogP contribution is -2.10. The van der Waals surface area contributed by atoms with E-state index in [1.807, 2.05) is 25.1 Å². The van der Waals surface area contributed by atoms with Gasteiger partial charge in [-0.3, -0.25) is 0 Å². The first-order valence-corrected chi connectivity index (χ1v) is 9.27. The zero-order valence-electron chi connectivity index (χ0n) is 16.1. The number of anilines is 1. The molecule has 4 rings (SSSR count). The second-order valence-corrected chi connectivity index (χ2v) is 6.79. The standard InChI is InChI=1S/C20H19ClN6O2/c1-11(27-20-17-19(24-9-23-17)25-10-26-20)14-6-13(21)7-15(18(14)29-3)12-4-5-16(28-2)22-8-12/h4-11H,1-3H3,(H2,23,24,25,26,27). The molecule has 2 N–H and O–H groups in total.